The van der Waals surface area contributed by atoms with Crippen molar-refractivity contribution in [2.24, 2.45) is 0 Å². The summed E-state index contributed by atoms with van der Waals surface area (Å²) >= 11 is 1.75. The molecule has 2 aliphatic rings. The molecule has 0 amide bonds. The lowest BCUT2D eigenvalue weighted by molar-refractivity contribution is 0.0331. The Morgan fingerprint density at radius 2 is 1.84 bits per heavy atom. The normalized spacial score (nSPS) is 16.6. The van der Waals surface area contributed by atoms with Crippen molar-refractivity contribution in [2.45, 2.75) is 26.8 Å². The Morgan fingerprint density at radius 1 is 1.03 bits per heavy atom. The third-order valence-electron chi connectivity index (χ3n) is 5.86. The molecule has 0 bridgehead atoms. The van der Waals surface area contributed by atoms with Crippen molar-refractivity contribution < 1.29 is 14.2 Å². The maximum atomic E-state index is 5.71. The zero-order valence-electron chi connectivity index (χ0n) is 18.1. The van der Waals surface area contributed by atoms with E-state index in [4.69, 9.17) is 24.2 Å². The molecule has 7 nitrogen and oxygen atoms in total. The van der Waals surface area contributed by atoms with Gasteiger partial charge in [0.15, 0.2) is 11.5 Å². The second-order valence-corrected chi connectivity index (χ2v) is 9.20. The van der Waals surface area contributed by atoms with Crippen LogP contribution >= 0.6 is 11.3 Å². The highest BCUT2D eigenvalue weighted by Crippen LogP contribution is 2.34. The SMILES string of the molecule is Cc1sc2nc(CN3CCOCC3)nc(NCCc3ccc4c(c3)OCCO4)c2c1C. The summed E-state index contributed by atoms with van der Waals surface area (Å²) in [5.74, 6) is 3.48. The molecule has 2 aromatic heterocycles. The summed E-state index contributed by atoms with van der Waals surface area (Å²) in [5.41, 5.74) is 2.48. The number of morpholine rings is 1. The lowest BCUT2D eigenvalue weighted by Crippen LogP contribution is -2.36. The van der Waals surface area contributed by atoms with E-state index >= 15 is 0 Å². The van der Waals surface area contributed by atoms with Gasteiger partial charge in [0.05, 0.1) is 25.1 Å². The fraction of sp³-hybridized carbons (Fsp3) is 0.478. The predicted octanol–water partition coefficient (Wildman–Crippen LogP) is 3.57. The molecule has 3 aromatic rings. The fourth-order valence-corrected chi connectivity index (χ4v) is 5.07. The summed E-state index contributed by atoms with van der Waals surface area (Å²) < 4.78 is 16.8. The molecule has 0 saturated carbocycles. The first-order valence-electron chi connectivity index (χ1n) is 10.9. The van der Waals surface area contributed by atoms with Crippen molar-refractivity contribution in [3.05, 3.63) is 40.0 Å². The third-order valence-corrected chi connectivity index (χ3v) is 6.96. The van der Waals surface area contributed by atoms with E-state index in [2.05, 4.69) is 36.2 Å². The zero-order chi connectivity index (χ0) is 21.2. The van der Waals surface area contributed by atoms with Crippen molar-refractivity contribution >= 4 is 27.4 Å². The molecule has 4 heterocycles. The van der Waals surface area contributed by atoms with Crippen LogP contribution < -0.4 is 14.8 Å². The predicted molar refractivity (Wildman–Crippen MR) is 123 cm³/mol. The van der Waals surface area contributed by atoms with Crippen LogP contribution in [0.25, 0.3) is 10.2 Å². The Hall–Kier alpha value is -2.42. The molecular weight excluding hydrogens is 412 g/mol. The van der Waals surface area contributed by atoms with Gasteiger partial charge in [0.2, 0.25) is 0 Å². The van der Waals surface area contributed by atoms with Gasteiger partial charge >= 0.3 is 0 Å². The van der Waals surface area contributed by atoms with E-state index in [1.165, 1.54) is 16.0 Å². The smallest absolute Gasteiger partial charge is 0.161 e. The molecule has 2 aliphatic heterocycles. The van der Waals surface area contributed by atoms with Crippen molar-refractivity contribution in [2.75, 3.05) is 51.4 Å². The van der Waals surface area contributed by atoms with Crippen LogP contribution in [0.3, 0.4) is 0 Å². The molecular formula is C23H28N4O3S. The molecule has 0 aliphatic carbocycles. The molecule has 1 saturated heterocycles. The van der Waals surface area contributed by atoms with Crippen molar-refractivity contribution in [1.82, 2.24) is 14.9 Å². The summed E-state index contributed by atoms with van der Waals surface area (Å²) in [7, 11) is 0. The molecule has 31 heavy (non-hydrogen) atoms. The van der Waals surface area contributed by atoms with Gasteiger partial charge in [0.25, 0.3) is 0 Å². The Morgan fingerprint density at radius 3 is 2.68 bits per heavy atom. The average molecular weight is 441 g/mol. The Balaban J connectivity index is 1.33. The van der Waals surface area contributed by atoms with E-state index in [1.54, 1.807) is 11.3 Å². The van der Waals surface area contributed by atoms with Crippen molar-refractivity contribution in [3.63, 3.8) is 0 Å². The highest BCUT2D eigenvalue weighted by atomic mass is 32.1. The topological polar surface area (TPSA) is 68.7 Å². The number of hydrogen-bond acceptors (Lipinski definition) is 8. The number of anilines is 1. The third kappa shape index (κ3) is 4.46. The molecule has 8 heteroatoms. The van der Waals surface area contributed by atoms with E-state index < -0.39 is 0 Å². The monoisotopic (exact) mass is 440 g/mol. The minimum atomic E-state index is 0.607. The number of hydrogen-bond donors (Lipinski definition) is 1. The first-order valence-corrected chi connectivity index (χ1v) is 11.7. The molecule has 164 valence electrons. The maximum Gasteiger partial charge on any atom is 0.161 e. The highest BCUT2D eigenvalue weighted by Gasteiger charge is 2.18. The van der Waals surface area contributed by atoms with E-state index in [0.717, 1.165) is 79.2 Å². The van der Waals surface area contributed by atoms with Crippen LogP contribution in [0.15, 0.2) is 18.2 Å². The van der Waals surface area contributed by atoms with Gasteiger partial charge in [-0.25, -0.2) is 9.97 Å². The minimum Gasteiger partial charge on any atom is -0.486 e. The van der Waals surface area contributed by atoms with Gasteiger partial charge < -0.3 is 19.5 Å². The Bertz CT molecular complexity index is 1080. The van der Waals surface area contributed by atoms with Gasteiger partial charge in [-0.15, -0.1) is 11.3 Å². The van der Waals surface area contributed by atoms with E-state index in [-0.39, 0.29) is 0 Å². The molecule has 1 fully saturated rings. The maximum absolute atomic E-state index is 5.71. The Labute approximate surface area is 186 Å². The molecule has 0 spiro atoms. The molecule has 0 radical (unpaired) electrons. The van der Waals surface area contributed by atoms with Gasteiger partial charge in [-0.3, -0.25) is 4.90 Å². The van der Waals surface area contributed by atoms with Crippen LogP contribution in [0, 0.1) is 13.8 Å². The van der Waals surface area contributed by atoms with Crippen LogP contribution in [-0.4, -0.2) is 60.9 Å². The number of thiophene rings is 1. The first-order chi connectivity index (χ1) is 15.2. The second-order valence-electron chi connectivity index (χ2n) is 8.00. The number of nitrogens with zero attached hydrogens (tertiary/aromatic N) is 3. The van der Waals surface area contributed by atoms with Gasteiger partial charge in [-0.2, -0.15) is 0 Å². The quantitative estimate of drug-likeness (QED) is 0.628. The molecule has 5 rings (SSSR count). The number of ether oxygens (including phenoxy) is 3. The summed E-state index contributed by atoms with van der Waals surface area (Å²) in [4.78, 5) is 14.5. The van der Waals surface area contributed by atoms with Crippen LogP contribution in [0.4, 0.5) is 5.82 Å². The lowest BCUT2D eigenvalue weighted by atomic mass is 10.1. The summed E-state index contributed by atoms with van der Waals surface area (Å²) in [6.07, 6.45) is 0.878. The van der Waals surface area contributed by atoms with Crippen LogP contribution in [0.2, 0.25) is 0 Å². The van der Waals surface area contributed by atoms with Gasteiger partial charge in [-0.05, 0) is 43.5 Å². The van der Waals surface area contributed by atoms with E-state index in [1.807, 2.05) is 6.07 Å². The number of aromatic nitrogens is 2. The highest BCUT2D eigenvalue weighted by molar-refractivity contribution is 7.18. The molecule has 1 aromatic carbocycles. The second kappa shape index (κ2) is 8.98. The molecule has 0 unspecified atom stereocenters. The lowest BCUT2D eigenvalue weighted by Gasteiger charge is -2.25. The van der Waals surface area contributed by atoms with Crippen LogP contribution in [-0.2, 0) is 17.7 Å². The molecule has 1 N–H and O–H groups in total. The van der Waals surface area contributed by atoms with E-state index in [9.17, 15) is 0 Å². The first kappa shape index (κ1) is 20.5. The van der Waals surface area contributed by atoms with Crippen LogP contribution in [0.1, 0.15) is 21.8 Å². The van der Waals surface area contributed by atoms with Crippen molar-refractivity contribution in [3.8, 4) is 11.5 Å². The largest absolute Gasteiger partial charge is 0.486 e. The van der Waals surface area contributed by atoms with Gasteiger partial charge in [0, 0.05) is 24.5 Å². The number of nitrogens with one attached hydrogen (secondary N) is 1. The zero-order valence-corrected chi connectivity index (χ0v) is 18.9. The average Bonchev–Trinajstić information content (AvgIpc) is 3.08. The van der Waals surface area contributed by atoms with Crippen LogP contribution in [0.5, 0.6) is 11.5 Å². The number of fused-ring (bicyclic) bond motifs is 2. The van der Waals surface area contributed by atoms with E-state index in [0.29, 0.717) is 13.2 Å². The summed E-state index contributed by atoms with van der Waals surface area (Å²) in [5, 5.41) is 4.74. The minimum absolute atomic E-state index is 0.607. The number of aryl methyl sites for hydroxylation is 2. The summed E-state index contributed by atoms with van der Waals surface area (Å²) in [6, 6.07) is 6.18. The van der Waals surface area contributed by atoms with Gasteiger partial charge in [0.1, 0.15) is 29.7 Å². The molecule has 0 atom stereocenters. The number of rotatable bonds is 6. The summed E-state index contributed by atoms with van der Waals surface area (Å²) in [6.45, 7) is 10.5. The Kier molecular flexibility index (Phi) is 5.93. The van der Waals surface area contributed by atoms with Gasteiger partial charge in [-0.1, -0.05) is 6.07 Å². The fourth-order valence-electron chi connectivity index (χ4n) is 4.02. The van der Waals surface area contributed by atoms with Crippen molar-refractivity contribution in [1.29, 1.82) is 0 Å². The number of benzene rings is 1. The standard InChI is InChI=1S/C23H28N4O3S/c1-15-16(2)31-23-21(15)22(25-20(26-23)14-27-7-9-28-10-8-27)24-6-5-17-3-4-18-19(13-17)30-12-11-29-18/h3-4,13H,5-12,14H2,1-2H3,(H,24,25,26).